The number of benzene rings is 1. The Morgan fingerprint density at radius 1 is 1.19 bits per heavy atom. The monoisotopic (exact) mass is 370 g/mol. The number of hydrogen-bond acceptors (Lipinski definition) is 4. The lowest BCUT2D eigenvalue weighted by molar-refractivity contribution is -0.122. The van der Waals surface area contributed by atoms with E-state index >= 15 is 0 Å². The molecule has 1 aliphatic rings. The summed E-state index contributed by atoms with van der Waals surface area (Å²) in [5, 5.41) is 2.94. The Kier molecular flexibility index (Phi) is 5.91. The van der Waals surface area contributed by atoms with Crippen LogP contribution in [-0.4, -0.2) is 39.5 Å². The largest absolute Gasteiger partial charge is 0.353 e. The van der Waals surface area contributed by atoms with E-state index in [1.807, 2.05) is 0 Å². The third kappa shape index (κ3) is 4.74. The highest BCUT2D eigenvalue weighted by Gasteiger charge is 2.26. The Hall–Kier alpha value is -2.67. The van der Waals surface area contributed by atoms with Crippen LogP contribution in [0.5, 0.6) is 0 Å². The van der Waals surface area contributed by atoms with Gasteiger partial charge in [0, 0.05) is 37.9 Å². The van der Waals surface area contributed by atoms with Gasteiger partial charge in [0.1, 0.15) is 6.54 Å². The molecule has 1 unspecified atom stereocenters. The van der Waals surface area contributed by atoms with Gasteiger partial charge in [-0.15, -0.1) is 0 Å². The SMILES string of the molecule is CC(C)C(CNC(=O)Cn1ccc(=O)[nH]c1=O)N1CCc2ccccc2C1. The molecule has 2 aromatic rings. The van der Waals surface area contributed by atoms with Gasteiger partial charge < -0.3 is 5.32 Å². The highest BCUT2D eigenvalue weighted by Crippen LogP contribution is 2.22. The molecule has 2 heterocycles. The molecule has 1 aliphatic heterocycles. The average molecular weight is 370 g/mol. The van der Waals surface area contributed by atoms with E-state index < -0.39 is 11.2 Å². The van der Waals surface area contributed by atoms with Crippen molar-refractivity contribution in [3.05, 3.63) is 68.5 Å². The Bertz CT molecular complexity index is 916. The maximum atomic E-state index is 12.3. The van der Waals surface area contributed by atoms with Gasteiger partial charge in [-0.2, -0.15) is 0 Å². The summed E-state index contributed by atoms with van der Waals surface area (Å²) in [7, 11) is 0. The lowest BCUT2D eigenvalue weighted by atomic mass is 9.95. The van der Waals surface area contributed by atoms with E-state index in [9.17, 15) is 14.4 Å². The highest BCUT2D eigenvalue weighted by atomic mass is 16.2. The molecule has 7 heteroatoms. The second-order valence-corrected chi connectivity index (χ2v) is 7.34. The molecule has 0 saturated heterocycles. The standard InChI is InChI=1S/C20H26N4O3/c1-14(2)17(23-9-7-15-5-3-4-6-16(15)12-23)11-21-19(26)13-24-10-8-18(25)22-20(24)27/h3-6,8,10,14,17H,7,9,11-13H2,1-2H3,(H,21,26)(H,22,25,27). The lowest BCUT2D eigenvalue weighted by Gasteiger charge is -2.38. The predicted octanol–water partition coefficient (Wildman–Crippen LogP) is 0.736. The summed E-state index contributed by atoms with van der Waals surface area (Å²) in [5.41, 5.74) is 1.70. The van der Waals surface area contributed by atoms with Crippen molar-refractivity contribution < 1.29 is 4.79 Å². The Morgan fingerprint density at radius 3 is 2.63 bits per heavy atom. The molecule has 0 radical (unpaired) electrons. The number of amides is 1. The number of aromatic nitrogens is 2. The molecule has 27 heavy (non-hydrogen) atoms. The van der Waals surface area contributed by atoms with Crippen molar-refractivity contribution in [2.45, 2.75) is 39.4 Å². The number of H-pyrrole nitrogens is 1. The van der Waals surface area contributed by atoms with Gasteiger partial charge in [-0.3, -0.25) is 24.0 Å². The first kappa shape index (κ1) is 19.1. The fourth-order valence-corrected chi connectivity index (χ4v) is 3.58. The van der Waals surface area contributed by atoms with Crippen molar-refractivity contribution in [3.8, 4) is 0 Å². The molecule has 1 amide bonds. The van der Waals surface area contributed by atoms with E-state index in [-0.39, 0.29) is 18.5 Å². The van der Waals surface area contributed by atoms with Gasteiger partial charge in [0.2, 0.25) is 5.91 Å². The van der Waals surface area contributed by atoms with Crippen molar-refractivity contribution in [3.63, 3.8) is 0 Å². The zero-order valence-corrected chi connectivity index (χ0v) is 15.8. The third-order valence-electron chi connectivity index (χ3n) is 5.12. The van der Waals surface area contributed by atoms with Crippen molar-refractivity contribution in [2.75, 3.05) is 13.1 Å². The van der Waals surface area contributed by atoms with Gasteiger partial charge >= 0.3 is 5.69 Å². The number of rotatable bonds is 6. The van der Waals surface area contributed by atoms with E-state index in [0.717, 1.165) is 19.5 Å². The molecule has 0 spiro atoms. The maximum absolute atomic E-state index is 12.3. The first-order valence-electron chi connectivity index (χ1n) is 9.31. The summed E-state index contributed by atoms with van der Waals surface area (Å²) < 4.78 is 1.19. The van der Waals surface area contributed by atoms with Gasteiger partial charge in [0.05, 0.1) is 0 Å². The van der Waals surface area contributed by atoms with Crippen LogP contribution in [0.1, 0.15) is 25.0 Å². The number of nitrogens with one attached hydrogen (secondary N) is 2. The summed E-state index contributed by atoms with van der Waals surface area (Å²) in [4.78, 5) is 39.7. The fourth-order valence-electron chi connectivity index (χ4n) is 3.58. The summed E-state index contributed by atoms with van der Waals surface area (Å²) >= 11 is 0. The van der Waals surface area contributed by atoms with Gasteiger partial charge in [-0.1, -0.05) is 38.1 Å². The second-order valence-electron chi connectivity index (χ2n) is 7.34. The molecule has 1 aromatic heterocycles. The van der Waals surface area contributed by atoms with Gasteiger partial charge in [0.15, 0.2) is 0 Å². The normalized spacial score (nSPS) is 15.4. The number of nitrogens with zero attached hydrogens (tertiary/aromatic N) is 2. The van der Waals surface area contributed by atoms with Crippen LogP contribution >= 0.6 is 0 Å². The minimum absolute atomic E-state index is 0.108. The Labute approximate surface area is 158 Å². The van der Waals surface area contributed by atoms with Crippen molar-refractivity contribution in [2.24, 2.45) is 5.92 Å². The number of carbonyl (C=O) groups excluding carboxylic acids is 1. The van der Waals surface area contributed by atoms with Gasteiger partial charge in [0.25, 0.3) is 5.56 Å². The molecule has 0 bridgehead atoms. The molecule has 3 rings (SSSR count). The second kappa shape index (κ2) is 8.35. The van der Waals surface area contributed by atoms with Crippen LogP contribution < -0.4 is 16.6 Å². The highest BCUT2D eigenvalue weighted by molar-refractivity contribution is 5.75. The van der Waals surface area contributed by atoms with Crippen LogP contribution in [0.4, 0.5) is 0 Å². The predicted molar refractivity (Wildman–Crippen MR) is 104 cm³/mol. The molecule has 144 valence electrons. The Morgan fingerprint density at radius 2 is 1.93 bits per heavy atom. The minimum atomic E-state index is -0.578. The topological polar surface area (TPSA) is 87.2 Å². The van der Waals surface area contributed by atoms with Crippen LogP contribution in [0.2, 0.25) is 0 Å². The third-order valence-corrected chi connectivity index (χ3v) is 5.12. The average Bonchev–Trinajstić information content (AvgIpc) is 2.64. The van der Waals surface area contributed by atoms with E-state index in [4.69, 9.17) is 0 Å². The molecule has 1 aromatic carbocycles. The lowest BCUT2D eigenvalue weighted by Crippen LogP contribution is -2.49. The molecular weight excluding hydrogens is 344 g/mol. The number of hydrogen-bond donors (Lipinski definition) is 2. The summed E-state index contributed by atoms with van der Waals surface area (Å²) in [6.45, 7) is 6.58. The number of fused-ring (bicyclic) bond motifs is 1. The van der Waals surface area contributed by atoms with Crippen LogP contribution in [0, 0.1) is 5.92 Å². The zero-order chi connectivity index (χ0) is 19.4. The minimum Gasteiger partial charge on any atom is -0.353 e. The summed E-state index contributed by atoms with van der Waals surface area (Å²) in [6.07, 6.45) is 2.35. The maximum Gasteiger partial charge on any atom is 0.328 e. The molecule has 0 aliphatic carbocycles. The van der Waals surface area contributed by atoms with E-state index in [2.05, 4.69) is 53.3 Å². The van der Waals surface area contributed by atoms with Crippen molar-refractivity contribution >= 4 is 5.91 Å². The molecule has 0 saturated carbocycles. The van der Waals surface area contributed by atoms with Crippen LogP contribution in [-0.2, 0) is 24.3 Å². The van der Waals surface area contributed by atoms with Gasteiger partial charge in [-0.05, 0) is 23.5 Å². The first-order chi connectivity index (χ1) is 12.9. The molecule has 7 nitrogen and oxygen atoms in total. The Balaban J connectivity index is 1.61. The summed E-state index contributed by atoms with van der Waals surface area (Å²) in [5.74, 6) is 0.138. The van der Waals surface area contributed by atoms with Crippen LogP contribution in [0.25, 0.3) is 0 Å². The van der Waals surface area contributed by atoms with E-state index in [0.29, 0.717) is 12.5 Å². The molecular formula is C20H26N4O3. The van der Waals surface area contributed by atoms with Crippen LogP contribution in [0.15, 0.2) is 46.1 Å². The van der Waals surface area contributed by atoms with Crippen molar-refractivity contribution in [1.82, 2.24) is 19.8 Å². The van der Waals surface area contributed by atoms with Crippen molar-refractivity contribution in [1.29, 1.82) is 0 Å². The first-order valence-corrected chi connectivity index (χ1v) is 9.31. The fraction of sp³-hybridized carbons (Fsp3) is 0.450. The van der Waals surface area contributed by atoms with Crippen LogP contribution in [0.3, 0.4) is 0 Å². The van der Waals surface area contributed by atoms with Gasteiger partial charge in [-0.25, -0.2) is 4.79 Å². The number of carbonyl (C=O) groups is 1. The smallest absolute Gasteiger partial charge is 0.328 e. The quantitative estimate of drug-likeness (QED) is 0.785. The molecule has 1 atom stereocenters. The molecule has 0 fully saturated rings. The van der Waals surface area contributed by atoms with E-state index in [1.165, 1.54) is 28.0 Å². The van der Waals surface area contributed by atoms with E-state index in [1.54, 1.807) is 0 Å². The zero-order valence-electron chi connectivity index (χ0n) is 15.8. The summed E-state index contributed by atoms with van der Waals surface area (Å²) in [6, 6.07) is 9.94. The number of aromatic amines is 1. The molecule has 2 N–H and O–H groups in total.